The summed E-state index contributed by atoms with van der Waals surface area (Å²) in [5, 5.41) is 0. The third-order valence-electron chi connectivity index (χ3n) is 3.92. The molecule has 1 aliphatic heterocycles. The molecular formula is C16H22O2. The van der Waals surface area contributed by atoms with Crippen LogP contribution < -0.4 is 0 Å². The fourth-order valence-electron chi connectivity index (χ4n) is 2.74. The lowest BCUT2D eigenvalue weighted by Gasteiger charge is -2.26. The zero-order valence-corrected chi connectivity index (χ0v) is 11.3. The predicted molar refractivity (Wildman–Crippen MR) is 72.5 cm³/mol. The molecule has 1 aliphatic rings. The maximum Gasteiger partial charge on any atom is 0.138 e. The van der Waals surface area contributed by atoms with Gasteiger partial charge < -0.3 is 4.74 Å². The number of benzene rings is 1. The normalized spacial score (nSPS) is 18.7. The molecule has 0 aliphatic carbocycles. The fraction of sp³-hybridized carbons (Fsp3) is 0.562. The average molecular weight is 246 g/mol. The summed E-state index contributed by atoms with van der Waals surface area (Å²) in [6.07, 6.45) is 3.34. The number of ether oxygens (including phenoxy) is 1. The molecule has 2 rings (SSSR count). The number of fused-ring (bicyclic) bond motifs is 1. The van der Waals surface area contributed by atoms with Gasteiger partial charge in [0.2, 0.25) is 0 Å². The van der Waals surface area contributed by atoms with Gasteiger partial charge in [-0.15, -0.1) is 0 Å². The minimum Gasteiger partial charge on any atom is -0.373 e. The average Bonchev–Trinajstić information content (AvgIpc) is 2.40. The Bertz CT molecular complexity index is 407. The van der Waals surface area contributed by atoms with Crippen LogP contribution in [0.15, 0.2) is 24.3 Å². The highest BCUT2D eigenvalue weighted by Gasteiger charge is 2.25. The van der Waals surface area contributed by atoms with Gasteiger partial charge in [-0.05, 0) is 30.4 Å². The summed E-state index contributed by atoms with van der Waals surface area (Å²) in [4.78, 5) is 12.2. The van der Waals surface area contributed by atoms with Crippen molar-refractivity contribution in [3.05, 3.63) is 35.4 Å². The first-order valence-electron chi connectivity index (χ1n) is 6.98. The van der Waals surface area contributed by atoms with Crippen LogP contribution in [0.5, 0.6) is 0 Å². The quantitative estimate of drug-likeness (QED) is 0.792. The van der Waals surface area contributed by atoms with Crippen LogP contribution in [0, 0.1) is 5.92 Å². The predicted octanol–water partition coefficient (Wildman–Crippen LogP) is 3.70. The second kappa shape index (κ2) is 6.14. The Morgan fingerprint density at radius 1 is 1.33 bits per heavy atom. The van der Waals surface area contributed by atoms with Gasteiger partial charge in [0.05, 0.1) is 12.7 Å². The second-order valence-corrected chi connectivity index (χ2v) is 4.99. The number of Topliss-reactive ketones (excluding diaryl/α,β-unsaturated/α-hetero) is 1. The van der Waals surface area contributed by atoms with Gasteiger partial charge in [0.25, 0.3) is 0 Å². The zero-order chi connectivity index (χ0) is 13.0. The second-order valence-electron chi connectivity index (χ2n) is 4.99. The number of hydrogen-bond donors (Lipinski definition) is 0. The van der Waals surface area contributed by atoms with E-state index in [1.807, 2.05) is 6.07 Å². The standard InChI is InChI=1S/C16H22O2/c1-3-12(4-2)15(17)11-16-14-8-6-5-7-13(14)9-10-18-16/h5-8,12,16H,3-4,9-11H2,1-2H3. The Labute approximate surface area is 109 Å². The van der Waals surface area contributed by atoms with Crippen molar-refractivity contribution in [2.45, 2.75) is 45.6 Å². The van der Waals surface area contributed by atoms with E-state index in [4.69, 9.17) is 4.74 Å². The summed E-state index contributed by atoms with van der Waals surface area (Å²) < 4.78 is 5.79. The highest BCUT2D eigenvalue weighted by Crippen LogP contribution is 2.31. The summed E-state index contributed by atoms with van der Waals surface area (Å²) in [5.74, 6) is 0.546. The van der Waals surface area contributed by atoms with E-state index >= 15 is 0 Å². The molecule has 0 aromatic heterocycles. The number of ketones is 1. The monoisotopic (exact) mass is 246 g/mol. The third kappa shape index (κ3) is 2.81. The Morgan fingerprint density at radius 2 is 2.06 bits per heavy atom. The molecule has 1 aromatic rings. The molecule has 18 heavy (non-hydrogen) atoms. The molecule has 2 nitrogen and oxygen atoms in total. The fourth-order valence-corrected chi connectivity index (χ4v) is 2.74. The van der Waals surface area contributed by atoms with E-state index in [0.29, 0.717) is 12.2 Å². The highest BCUT2D eigenvalue weighted by molar-refractivity contribution is 5.81. The van der Waals surface area contributed by atoms with Gasteiger partial charge >= 0.3 is 0 Å². The van der Waals surface area contributed by atoms with Crippen LogP contribution in [0.4, 0.5) is 0 Å². The number of hydrogen-bond acceptors (Lipinski definition) is 2. The third-order valence-corrected chi connectivity index (χ3v) is 3.92. The molecule has 1 unspecified atom stereocenters. The van der Waals surface area contributed by atoms with E-state index in [-0.39, 0.29) is 12.0 Å². The molecule has 2 heteroatoms. The van der Waals surface area contributed by atoms with E-state index in [0.717, 1.165) is 25.9 Å². The maximum atomic E-state index is 12.2. The van der Waals surface area contributed by atoms with E-state index in [2.05, 4.69) is 32.0 Å². The SMILES string of the molecule is CCC(CC)C(=O)CC1OCCc2ccccc21. The lowest BCUT2D eigenvalue weighted by Crippen LogP contribution is -2.22. The van der Waals surface area contributed by atoms with Gasteiger partial charge in [-0.2, -0.15) is 0 Å². The first-order valence-corrected chi connectivity index (χ1v) is 6.98. The van der Waals surface area contributed by atoms with Crippen LogP contribution >= 0.6 is 0 Å². The van der Waals surface area contributed by atoms with Crippen molar-refractivity contribution < 1.29 is 9.53 Å². The van der Waals surface area contributed by atoms with Crippen molar-refractivity contribution >= 4 is 5.78 Å². The van der Waals surface area contributed by atoms with Crippen molar-refractivity contribution in [1.29, 1.82) is 0 Å². The van der Waals surface area contributed by atoms with Gasteiger partial charge in [-0.1, -0.05) is 38.1 Å². The highest BCUT2D eigenvalue weighted by atomic mass is 16.5. The molecule has 0 saturated carbocycles. The largest absolute Gasteiger partial charge is 0.373 e. The molecule has 0 saturated heterocycles. The molecule has 1 aromatic carbocycles. The summed E-state index contributed by atoms with van der Waals surface area (Å²) >= 11 is 0. The molecule has 98 valence electrons. The van der Waals surface area contributed by atoms with Gasteiger partial charge in [0.1, 0.15) is 5.78 Å². The van der Waals surface area contributed by atoms with E-state index < -0.39 is 0 Å². The molecule has 1 atom stereocenters. The van der Waals surface area contributed by atoms with Crippen LogP contribution in [-0.4, -0.2) is 12.4 Å². The molecule has 0 N–H and O–H groups in total. The first-order chi connectivity index (χ1) is 8.76. The summed E-state index contributed by atoms with van der Waals surface area (Å²) in [6, 6.07) is 8.33. The summed E-state index contributed by atoms with van der Waals surface area (Å²) in [6.45, 7) is 4.90. The molecule has 0 radical (unpaired) electrons. The number of rotatable bonds is 5. The Morgan fingerprint density at radius 3 is 2.78 bits per heavy atom. The van der Waals surface area contributed by atoms with Gasteiger partial charge in [-0.25, -0.2) is 0 Å². The van der Waals surface area contributed by atoms with Crippen LogP contribution in [0.25, 0.3) is 0 Å². The molecule has 1 heterocycles. The zero-order valence-electron chi connectivity index (χ0n) is 11.3. The topological polar surface area (TPSA) is 26.3 Å². The van der Waals surface area contributed by atoms with Crippen LogP contribution in [0.2, 0.25) is 0 Å². The Hall–Kier alpha value is -1.15. The van der Waals surface area contributed by atoms with E-state index in [1.165, 1.54) is 11.1 Å². The first kappa shape index (κ1) is 13.3. The maximum absolute atomic E-state index is 12.2. The van der Waals surface area contributed by atoms with Crippen molar-refractivity contribution in [1.82, 2.24) is 0 Å². The lowest BCUT2D eigenvalue weighted by atomic mass is 9.89. The van der Waals surface area contributed by atoms with Gasteiger partial charge in [0, 0.05) is 12.3 Å². The van der Waals surface area contributed by atoms with Gasteiger partial charge in [0.15, 0.2) is 0 Å². The number of carbonyl (C=O) groups is 1. The minimum absolute atomic E-state index is 0.0250. The molecule has 0 bridgehead atoms. The Balaban J connectivity index is 2.09. The minimum atomic E-state index is -0.0250. The number of carbonyl (C=O) groups excluding carboxylic acids is 1. The summed E-state index contributed by atoms with van der Waals surface area (Å²) in [7, 11) is 0. The van der Waals surface area contributed by atoms with Gasteiger partial charge in [-0.3, -0.25) is 4.79 Å². The summed E-state index contributed by atoms with van der Waals surface area (Å²) in [5.41, 5.74) is 2.55. The van der Waals surface area contributed by atoms with Crippen molar-refractivity contribution in [2.24, 2.45) is 5.92 Å². The smallest absolute Gasteiger partial charge is 0.138 e. The van der Waals surface area contributed by atoms with Crippen molar-refractivity contribution in [2.75, 3.05) is 6.61 Å². The molecular weight excluding hydrogens is 224 g/mol. The molecule has 0 fully saturated rings. The van der Waals surface area contributed by atoms with Crippen LogP contribution in [-0.2, 0) is 16.0 Å². The van der Waals surface area contributed by atoms with Crippen LogP contribution in [0.3, 0.4) is 0 Å². The van der Waals surface area contributed by atoms with Crippen molar-refractivity contribution in [3.8, 4) is 0 Å². The van der Waals surface area contributed by atoms with E-state index in [9.17, 15) is 4.79 Å². The lowest BCUT2D eigenvalue weighted by molar-refractivity contribution is -0.126. The molecule has 0 amide bonds. The van der Waals surface area contributed by atoms with E-state index in [1.54, 1.807) is 0 Å². The van der Waals surface area contributed by atoms with Crippen LogP contribution in [0.1, 0.15) is 50.3 Å². The molecule has 0 spiro atoms. The Kier molecular flexibility index (Phi) is 4.54. The van der Waals surface area contributed by atoms with Crippen molar-refractivity contribution in [3.63, 3.8) is 0 Å².